The molecule has 2 heterocycles. The Morgan fingerprint density at radius 2 is 2.12 bits per heavy atom. The molecule has 2 N–H and O–H groups in total. The summed E-state index contributed by atoms with van der Waals surface area (Å²) in [6, 6.07) is 11.9. The Labute approximate surface area is 196 Å². The van der Waals surface area contributed by atoms with Gasteiger partial charge < -0.3 is 15.4 Å². The average molecular weight is 470 g/mol. The predicted octanol–water partition coefficient (Wildman–Crippen LogP) is 3.95. The second-order valence-corrected chi connectivity index (χ2v) is 10.0. The lowest BCUT2D eigenvalue weighted by Gasteiger charge is -2.19. The summed E-state index contributed by atoms with van der Waals surface area (Å²) in [5, 5.41) is 6.66. The fourth-order valence-corrected chi connectivity index (χ4v) is 5.39. The van der Waals surface area contributed by atoms with Crippen molar-refractivity contribution >= 4 is 45.1 Å². The summed E-state index contributed by atoms with van der Waals surface area (Å²) in [6.07, 6.45) is 3.16. The summed E-state index contributed by atoms with van der Waals surface area (Å²) >= 11 is 3.31. The number of rotatable bonds is 8. The summed E-state index contributed by atoms with van der Waals surface area (Å²) < 4.78 is 7.44. The van der Waals surface area contributed by atoms with Crippen LogP contribution < -0.4 is 15.4 Å². The quantitative estimate of drug-likeness (QED) is 0.522. The molecule has 0 saturated heterocycles. The van der Waals surface area contributed by atoms with Gasteiger partial charge >= 0.3 is 0 Å². The number of fused-ring (bicyclic) bond motifs is 2. The molecule has 1 aromatic heterocycles. The summed E-state index contributed by atoms with van der Waals surface area (Å²) in [4.78, 5) is 28.9. The van der Waals surface area contributed by atoms with Gasteiger partial charge in [0.15, 0.2) is 0 Å². The van der Waals surface area contributed by atoms with E-state index in [0.717, 1.165) is 49.8 Å². The van der Waals surface area contributed by atoms with Crippen LogP contribution in [-0.4, -0.2) is 47.5 Å². The summed E-state index contributed by atoms with van der Waals surface area (Å²) in [6.45, 7) is 3.90. The summed E-state index contributed by atoms with van der Waals surface area (Å²) in [5.74, 6) is 1.28. The van der Waals surface area contributed by atoms with Crippen molar-refractivity contribution in [1.82, 2.24) is 15.6 Å². The monoisotopic (exact) mass is 469 g/mol. The van der Waals surface area contributed by atoms with Crippen LogP contribution in [0, 0.1) is 6.92 Å². The second kappa shape index (κ2) is 9.92. The first-order valence-electron chi connectivity index (χ1n) is 10.6. The van der Waals surface area contributed by atoms with E-state index in [4.69, 9.17) is 9.72 Å². The number of amides is 2. The highest BCUT2D eigenvalue weighted by Gasteiger charge is 2.29. The minimum atomic E-state index is -0.524. The normalized spacial score (nSPS) is 15.8. The number of aryl methyl sites for hydroxylation is 1. The largest absolute Gasteiger partial charge is 0.487 e. The number of para-hydroxylation sites is 1. The number of thioether (sulfide) groups is 1. The van der Waals surface area contributed by atoms with Crippen molar-refractivity contribution in [2.45, 2.75) is 38.8 Å². The average Bonchev–Trinajstić information content (AvgIpc) is 3.37. The predicted molar refractivity (Wildman–Crippen MR) is 132 cm³/mol. The van der Waals surface area contributed by atoms with Gasteiger partial charge in [-0.05, 0) is 54.7 Å². The first-order chi connectivity index (χ1) is 15.4. The fraction of sp³-hybridized carbons (Fsp3) is 0.375. The molecular weight excluding hydrogens is 442 g/mol. The van der Waals surface area contributed by atoms with E-state index in [1.165, 1.54) is 6.92 Å². The van der Waals surface area contributed by atoms with Crippen molar-refractivity contribution in [3.63, 3.8) is 0 Å². The Morgan fingerprint density at radius 3 is 2.88 bits per heavy atom. The first-order valence-corrected chi connectivity index (χ1v) is 12.9. The highest BCUT2D eigenvalue weighted by molar-refractivity contribution is 7.98. The van der Waals surface area contributed by atoms with Gasteiger partial charge in [-0.25, -0.2) is 4.98 Å². The molecule has 0 unspecified atom stereocenters. The fourth-order valence-electron chi connectivity index (χ4n) is 3.94. The molecule has 0 fully saturated rings. The zero-order valence-electron chi connectivity index (χ0n) is 18.4. The van der Waals surface area contributed by atoms with Crippen LogP contribution in [0.3, 0.4) is 0 Å². The van der Waals surface area contributed by atoms with Crippen LogP contribution in [0.2, 0.25) is 0 Å². The maximum Gasteiger partial charge on any atom is 0.242 e. The van der Waals surface area contributed by atoms with Crippen molar-refractivity contribution in [2.24, 2.45) is 0 Å². The van der Waals surface area contributed by atoms with Crippen LogP contribution in [-0.2, 0) is 16.0 Å². The van der Waals surface area contributed by atoms with Gasteiger partial charge in [0.05, 0.1) is 22.3 Å². The molecular formula is C24H27N3O3S2. The lowest BCUT2D eigenvalue weighted by atomic mass is 10.0. The third kappa shape index (κ3) is 5.07. The minimum Gasteiger partial charge on any atom is -0.487 e. The van der Waals surface area contributed by atoms with Crippen LogP contribution in [0.15, 0.2) is 36.4 Å². The molecule has 1 aliphatic rings. The highest BCUT2D eigenvalue weighted by Crippen LogP contribution is 2.42. The van der Waals surface area contributed by atoms with E-state index in [-0.39, 0.29) is 17.9 Å². The van der Waals surface area contributed by atoms with E-state index in [0.29, 0.717) is 13.0 Å². The standard InChI is InChI=1S/C24H27N3O3S2/c1-14-10-16-12-17(13-25-23(29)20(8-9-31-3)26-15(2)28)30-22(16)18(11-14)24-27-19-6-4-5-7-21(19)32-24/h4-7,10-11,17,20H,8-9,12-13H2,1-3H3,(H,25,29)(H,26,28)/t17-,20-/m0/s1. The van der Waals surface area contributed by atoms with Crippen LogP contribution >= 0.6 is 23.1 Å². The van der Waals surface area contributed by atoms with Crippen LogP contribution in [0.5, 0.6) is 5.75 Å². The number of carbonyl (C=O) groups excluding carboxylic acids is 2. The van der Waals surface area contributed by atoms with Crippen LogP contribution in [0.1, 0.15) is 24.5 Å². The van der Waals surface area contributed by atoms with Crippen molar-refractivity contribution in [3.05, 3.63) is 47.5 Å². The zero-order valence-corrected chi connectivity index (χ0v) is 20.1. The maximum atomic E-state index is 12.7. The molecule has 0 saturated carbocycles. The topological polar surface area (TPSA) is 80.3 Å². The Bertz CT molecular complexity index is 1110. The molecule has 0 spiro atoms. The third-order valence-corrected chi connectivity index (χ3v) is 7.09. The first kappa shape index (κ1) is 22.6. The number of hydrogen-bond acceptors (Lipinski definition) is 6. The second-order valence-electron chi connectivity index (χ2n) is 8.01. The molecule has 2 aromatic carbocycles. The lowest BCUT2D eigenvalue weighted by molar-refractivity contribution is -0.128. The van der Waals surface area contributed by atoms with Gasteiger partial charge in [-0.3, -0.25) is 9.59 Å². The van der Waals surface area contributed by atoms with Crippen LogP contribution in [0.4, 0.5) is 0 Å². The molecule has 2 atom stereocenters. The molecule has 0 bridgehead atoms. The number of hydrogen-bond donors (Lipinski definition) is 2. The molecule has 0 aliphatic carbocycles. The minimum absolute atomic E-state index is 0.151. The molecule has 1 aliphatic heterocycles. The lowest BCUT2D eigenvalue weighted by Crippen LogP contribution is -2.48. The van der Waals surface area contributed by atoms with E-state index in [1.807, 2.05) is 24.5 Å². The Morgan fingerprint density at radius 1 is 1.31 bits per heavy atom. The van der Waals surface area contributed by atoms with Gasteiger partial charge in [-0.1, -0.05) is 18.2 Å². The Balaban J connectivity index is 1.47. The van der Waals surface area contributed by atoms with E-state index < -0.39 is 6.04 Å². The molecule has 8 heteroatoms. The van der Waals surface area contributed by atoms with Crippen LogP contribution in [0.25, 0.3) is 20.8 Å². The van der Waals surface area contributed by atoms with Crippen molar-refractivity contribution in [2.75, 3.05) is 18.6 Å². The molecule has 0 radical (unpaired) electrons. The number of carbonyl (C=O) groups is 2. The van der Waals surface area contributed by atoms with Gasteiger partial charge in [0.2, 0.25) is 11.8 Å². The number of ether oxygens (including phenoxy) is 1. The van der Waals surface area contributed by atoms with Gasteiger partial charge in [0.25, 0.3) is 0 Å². The number of aromatic nitrogens is 1. The summed E-state index contributed by atoms with van der Waals surface area (Å²) in [7, 11) is 0. The molecule has 4 rings (SSSR count). The van der Waals surface area contributed by atoms with E-state index in [2.05, 4.69) is 35.8 Å². The molecule has 2 amide bonds. The van der Waals surface area contributed by atoms with E-state index in [9.17, 15) is 9.59 Å². The molecule has 6 nitrogen and oxygen atoms in total. The van der Waals surface area contributed by atoms with Crippen molar-refractivity contribution < 1.29 is 14.3 Å². The Hall–Kier alpha value is -2.58. The van der Waals surface area contributed by atoms with E-state index in [1.54, 1.807) is 23.1 Å². The number of nitrogens with zero attached hydrogens (tertiary/aromatic N) is 1. The highest BCUT2D eigenvalue weighted by atomic mass is 32.2. The molecule has 32 heavy (non-hydrogen) atoms. The van der Waals surface area contributed by atoms with Gasteiger partial charge in [-0.15, -0.1) is 11.3 Å². The van der Waals surface area contributed by atoms with Crippen molar-refractivity contribution in [1.29, 1.82) is 0 Å². The number of benzene rings is 2. The summed E-state index contributed by atoms with van der Waals surface area (Å²) in [5.41, 5.74) is 4.29. The SMILES string of the molecule is CSCC[C@H](NC(C)=O)C(=O)NC[C@@H]1Cc2cc(C)cc(-c3nc4ccccc4s3)c2O1. The van der Waals surface area contributed by atoms with Gasteiger partial charge in [0, 0.05) is 13.3 Å². The number of nitrogens with one attached hydrogen (secondary N) is 2. The Kier molecular flexibility index (Phi) is 7.01. The van der Waals surface area contributed by atoms with E-state index >= 15 is 0 Å². The van der Waals surface area contributed by atoms with Gasteiger partial charge in [-0.2, -0.15) is 11.8 Å². The van der Waals surface area contributed by atoms with Crippen molar-refractivity contribution in [3.8, 4) is 16.3 Å². The van der Waals surface area contributed by atoms with Gasteiger partial charge in [0.1, 0.15) is 22.9 Å². The molecule has 168 valence electrons. The number of thiazole rings is 1. The third-order valence-electron chi connectivity index (χ3n) is 5.38. The smallest absolute Gasteiger partial charge is 0.242 e. The zero-order chi connectivity index (χ0) is 22.7. The maximum absolute atomic E-state index is 12.7. The molecule has 3 aromatic rings.